The number of hydrogen-bond donors (Lipinski definition) is 1. The van der Waals surface area contributed by atoms with E-state index in [-0.39, 0.29) is 11.5 Å². The van der Waals surface area contributed by atoms with Gasteiger partial charge >= 0.3 is 0 Å². The monoisotopic (exact) mass is 501 g/mol. The van der Waals surface area contributed by atoms with Crippen LogP contribution in [0.1, 0.15) is 37.8 Å². The molecule has 0 fully saturated rings. The van der Waals surface area contributed by atoms with E-state index in [4.69, 9.17) is 4.98 Å². The second-order valence-electron chi connectivity index (χ2n) is 9.38. The Morgan fingerprint density at radius 1 is 0.763 bits per heavy atom. The van der Waals surface area contributed by atoms with Crippen LogP contribution in [-0.2, 0) is 4.79 Å². The average Bonchev–Trinajstić information content (AvgIpc) is 2.97. The summed E-state index contributed by atoms with van der Waals surface area (Å²) in [6, 6.07) is 34.1. The molecule has 5 heteroatoms. The topological polar surface area (TPSA) is 64.0 Å². The Labute approximate surface area is 222 Å². The summed E-state index contributed by atoms with van der Waals surface area (Å²) in [4.78, 5) is 32.6. The van der Waals surface area contributed by atoms with Crippen molar-refractivity contribution >= 4 is 16.9 Å². The van der Waals surface area contributed by atoms with E-state index in [9.17, 15) is 9.59 Å². The predicted octanol–water partition coefficient (Wildman–Crippen LogP) is 6.63. The molecule has 1 amide bonds. The first-order valence-electron chi connectivity index (χ1n) is 13.2. The minimum Gasteiger partial charge on any atom is -0.354 e. The van der Waals surface area contributed by atoms with Gasteiger partial charge in [0, 0.05) is 12.1 Å². The van der Waals surface area contributed by atoms with Gasteiger partial charge in [-0.1, -0.05) is 117 Å². The molecule has 5 nitrogen and oxygen atoms in total. The van der Waals surface area contributed by atoms with E-state index < -0.39 is 6.04 Å². The first-order chi connectivity index (χ1) is 18.7. The summed E-state index contributed by atoms with van der Waals surface area (Å²) < 4.78 is 1.61. The molecule has 1 atom stereocenters. The van der Waals surface area contributed by atoms with Crippen molar-refractivity contribution in [1.29, 1.82) is 0 Å². The molecule has 1 aromatic heterocycles. The third-order valence-electron chi connectivity index (χ3n) is 6.76. The van der Waals surface area contributed by atoms with Gasteiger partial charge in [-0.05, 0) is 35.2 Å². The standard InChI is InChI=1S/C33H31N3O2/c1-2-3-12-23-34-32(37)31(27-21-19-25(20-22-27)24-13-6-4-7-14-24)36-29-18-11-10-17-28(29)35-30(33(36)38)26-15-8-5-9-16-26/h4-11,13-22,31H,2-3,12,23H2,1H3,(H,34,37). The number of para-hydroxylation sites is 2. The van der Waals surface area contributed by atoms with Crippen LogP contribution in [0.4, 0.5) is 0 Å². The van der Waals surface area contributed by atoms with Crippen molar-refractivity contribution in [3.63, 3.8) is 0 Å². The van der Waals surface area contributed by atoms with Crippen molar-refractivity contribution in [2.75, 3.05) is 6.54 Å². The zero-order valence-corrected chi connectivity index (χ0v) is 21.5. The molecule has 0 saturated heterocycles. The highest BCUT2D eigenvalue weighted by Gasteiger charge is 2.27. The van der Waals surface area contributed by atoms with Gasteiger partial charge in [-0.3, -0.25) is 14.2 Å². The highest BCUT2D eigenvalue weighted by Crippen LogP contribution is 2.27. The van der Waals surface area contributed by atoms with Gasteiger partial charge in [-0.15, -0.1) is 0 Å². The van der Waals surface area contributed by atoms with Crippen LogP contribution in [-0.4, -0.2) is 22.0 Å². The van der Waals surface area contributed by atoms with Crippen molar-refractivity contribution in [2.45, 2.75) is 32.2 Å². The van der Waals surface area contributed by atoms with Crippen molar-refractivity contribution in [1.82, 2.24) is 14.9 Å². The van der Waals surface area contributed by atoms with Crippen LogP contribution in [0, 0.1) is 0 Å². The molecular formula is C33H31N3O2. The maximum absolute atomic E-state index is 14.1. The van der Waals surface area contributed by atoms with Crippen molar-refractivity contribution < 1.29 is 4.79 Å². The van der Waals surface area contributed by atoms with Gasteiger partial charge in [0.2, 0.25) is 5.91 Å². The normalized spacial score (nSPS) is 11.8. The average molecular weight is 502 g/mol. The number of amides is 1. The van der Waals surface area contributed by atoms with E-state index in [0.29, 0.717) is 23.3 Å². The van der Waals surface area contributed by atoms with Crippen molar-refractivity contribution in [3.8, 4) is 22.4 Å². The number of rotatable bonds is 9. The molecule has 0 spiro atoms. The van der Waals surface area contributed by atoms with E-state index in [1.807, 2.05) is 97.1 Å². The molecule has 1 heterocycles. The van der Waals surface area contributed by atoms with Gasteiger partial charge < -0.3 is 5.32 Å². The van der Waals surface area contributed by atoms with Crippen LogP contribution < -0.4 is 10.9 Å². The largest absolute Gasteiger partial charge is 0.354 e. The van der Waals surface area contributed by atoms with Gasteiger partial charge in [0.25, 0.3) is 5.56 Å². The minimum absolute atomic E-state index is 0.203. The Hall–Kier alpha value is -4.51. The summed E-state index contributed by atoms with van der Waals surface area (Å²) in [5, 5.41) is 3.09. The van der Waals surface area contributed by atoms with Crippen LogP contribution in [0.25, 0.3) is 33.4 Å². The molecular weight excluding hydrogens is 470 g/mol. The highest BCUT2D eigenvalue weighted by atomic mass is 16.2. The molecule has 190 valence electrons. The number of fused-ring (bicyclic) bond motifs is 1. The molecule has 5 rings (SSSR count). The smallest absolute Gasteiger partial charge is 0.278 e. The SMILES string of the molecule is CCCCCNC(=O)C(c1ccc(-c2ccccc2)cc1)n1c(=O)c(-c2ccccc2)nc2ccccc21. The van der Waals surface area contributed by atoms with Crippen LogP contribution in [0.3, 0.4) is 0 Å². The number of benzene rings is 4. The van der Waals surface area contributed by atoms with Crippen LogP contribution >= 0.6 is 0 Å². The van der Waals surface area contributed by atoms with Crippen molar-refractivity contribution in [3.05, 3.63) is 125 Å². The zero-order valence-electron chi connectivity index (χ0n) is 21.5. The molecule has 0 bridgehead atoms. The third-order valence-corrected chi connectivity index (χ3v) is 6.76. The van der Waals surface area contributed by atoms with E-state index >= 15 is 0 Å². The van der Waals surface area contributed by atoms with Gasteiger partial charge in [-0.25, -0.2) is 4.98 Å². The summed E-state index contributed by atoms with van der Waals surface area (Å²) >= 11 is 0. The number of nitrogens with zero attached hydrogens (tertiary/aromatic N) is 2. The number of unbranched alkanes of at least 4 members (excludes halogenated alkanes) is 2. The Bertz CT molecular complexity index is 1580. The fraction of sp³-hybridized carbons (Fsp3) is 0.182. The quantitative estimate of drug-likeness (QED) is 0.231. The Morgan fingerprint density at radius 2 is 1.37 bits per heavy atom. The predicted molar refractivity (Wildman–Crippen MR) is 154 cm³/mol. The number of nitrogens with one attached hydrogen (secondary N) is 1. The molecule has 0 aliphatic carbocycles. The van der Waals surface area contributed by atoms with Crippen molar-refractivity contribution in [2.24, 2.45) is 0 Å². The Balaban J connectivity index is 1.66. The molecule has 0 saturated carbocycles. The van der Waals surface area contributed by atoms with Crippen LogP contribution in [0.2, 0.25) is 0 Å². The number of carbonyl (C=O) groups excluding carboxylic acids is 1. The molecule has 0 aliphatic heterocycles. The van der Waals surface area contributed by atoms with E-state index in [0.717, 1.165) is 41.5 Å². The number of aromatic nitrogens is 2. The Morgan fingerprint density at radius 3 is 2.05 bits per heavy atom. The lowest BCUT2D eigenvalue weighted by molar-refractivity contribution is -0.123. The highest BCUT2D eigenvalue weighted by molar-refractivity contribution is 5.87. The lowest BCUT2D eigenvalue weighted by atomic mass is 9.99. The lowest BCUT2D eigenvalue weighted by Gasteiger charge is -2.23. The summed E-state index contributed by atoms with van der Waals surface area (Å²) in [7, 11) is 0. The third kappa shape index (κ3) is 5.28. The molecule has 5 aromatic rings. The van der Waals surface area contributed by atoms with Gasteiger partial charge in [-0.2, -0.15) is 0 Å². The minimum atomic E-state index is -0.843. The second-order valence-corrected chi connectivity index (χ2v) is 9.38. The molecule has 1 unspecified atom stereocenters. The van der Waals surface area contributed by atoms with Gasteiger partial charge in [0.1, 0.15) is 11.7 Å². The summed E-state index contributed by atoms with van der Waals surface area (Å²) in [5.41, 5.74) is 4.93. The van der Waals surface area contributed by atoms with E-state index in [1.165, 1.54) is 0 Å². The van der Waals surface area contributed by atoms with Crippen LogP contribution in [0.15, 0.2) is 114 Å². The second kappa shape index (κ2) is 11.7. The van der Waals surface area contributed by atoms with Crippen LogP contribution in [0.5, 0.6) is 0 Å². The molecule has 0 radical (unpaired) electrons. The maximum Gasteiger partial charge on any atom is 0.278 e. The lowest BCUT2D eigenvalue weighted by Crippen LogP contribution is -2.39. The fourth-order valence-corrected chi connectivity index (χ4v) is 4.78. The van der Waals surface area contributed by atoms with E-state index in [1.54, 1.807) is 4.57 Å². The number of hydrogen-bond acceptors (Lipinski definition) is 3. The fourth-order valence-electron chi connectivity index (χ4n) is 4.78. The van der Waals surface area contributed by atoms with Gasteiger partial charge in [0.15, 0.2) is 0 Å². The summed E-state index contributed by atoms with van der Waals surface area (Å²) in [6.45, 7) is 2.70. The number of carbonyl (C=O) groups is 1. The first kappa shape index (κ1) is 25.2. The zero-order chi connectivity index (χ0) is 26.3. The van der Waals surface area contributed by atoms with E-state index in [2.05, 4.69) is 24.4 Å². The summed E-state index contributed by atoms with van der Waals surface area (Å²) in [6.07, 6.45) is 2.99. The molecule has 38 heavy (non-hydrogen) atoms. The first-order valence-corrected chi connectivity index (χ1v) is 13.2. The molecule has 1 N–H and O–H groups in total. The maximum atomic E-state index is 14.1. The molecule has 4 aromatic carbocycles. The Kier molecular flexibility index (Phi) is 7.74. The molecule has 0 aliphatic rings. The summed E-state index contributed by atoms with van der Waals surface area (Å²) in [5.74, 6) is -0.203. The van der Waals surface area contributed by atoms with Gasteiger partial charge in [0.05, 0.1) is 11.0 Å².